The second-order valence-electron chi connectivity index (χ2n) is 6.71. The van der Waals surface area contributed by atoms with Crippen molar-refractivity contribution in [3.8, 4) is 11.4 Å². The minimum Gasteiger partial charge on any atom is -0.267 e. The third-order valence-corrected chi connectivity index (χ3v) is 4.65. The first-order chi connectivity index (χ1) is 15.3. The van der Waals surface area contributed by atoms with E-state index in [-0.39, 0.29) is 33.5 Å². The molecule has 0 aliphatic carbocycles. The van der Waals surface area contributed by atoms with Crippen LogP contribution in [-0.4, -0.2) is 20.8 Å². The van der Waals surface area contributed by atoms with Crippen LogP contribution in [-0.2, 0) is 6.18 Å². The summed E-state index contributed by atoms with van der Waals surface area (Å²) in [5, 5.41) is 15.5. The van der Waals surface area contributed by atoms with Crippen LogP contribution in [0.15, 0.2) is 82.7 Å². The summed E-state index contributed by atoms with van der Waals surface area (Å²) in [6.45, 7) is 0. The van der Waals surface area contributed by atoms with Crippen LogP contribution in [0.3, 0.4) is 0 Å². The normalized spacial score (nSPS) is 11.8. The molecule has 0 spiro atoms. The molecule has 10 heteroatoms. The number of benzene rings is 3. The molecular weight excluding hydrogens is 425 g/mol. The van der Waals surface area contributed by atoms with E-state index in [4.69, 9.17) is 0 Å². The van der Waals surface area contributed by atoms with E-state index < -0.39 is 22.2 Å². The molecule has 0 saturated carbocycles. The molecular formula is C22H13F3N4O3. The zero-order valence-corrected chi connectivity index (χ0v) is 16.2. The average Bonchev–Trinajstić information content (AvgIpc) is 2.78. The van der Waals surface area contributed by atoms with Crippen LogP contribution < -0.4 is 5.56 Å². The molecule has 1 heterocycles. The SMILES string of the molecule is O=c1c2ccccc2nc(-c2cccc(C(F)(F)F)c2)n1N=Cc1ccccc1[N+](=O)[O-]. The van der Waals surface area contributed by atoms with Crippen LogP contribution in [0.4, 0.5) is 18.9 Å². The lowest BCUT2D eigenvalue weighted by atomic mass is 10.1. The highest BCUT2D eigenvalue weighted by atomic mass is 19.4. The Kier molecular flexibility index (Phi) is 5.27. The van der Waals surface area contributed by atoms with Crippen molar-refractivity contribution in [1.29, 1.82) is 0 Å². The van der Waals surface area contributed by atoms with Gasteiger partial charge in [0.05, 0.1) is 33.2 Å². The summed E-state index contributed by atoms with van der Waals surface area (Å²) in [6, 6.07) is 16.4. The molecule has 3 aromatic carbocycles. The first-order valence-electron chi connectivity index (χ1n) is 9.23. The second-order valence-corrected chi connectivity index (χ2v) is 6.71. The number of halogens is 3. The van der Waals surface area contributed by atoms with Gasteiger partial charge in [-0.15, -0.1) is 0 Å². The topological polar surface area (TPSA) is 90.4 Å². The number of nitrogens with zero attached hydrogens (tertiary/aromatic N) is 4. The Labute approximate surface area is 178 Å². The Morgan fingerprint density at radius 2 is 1.72 bits per heavy atom. The minimum atomic E-state index is -4.59. The molecule has 0 aliphatic heterocycles. The van der Waals surface area contributed by atoms with Gasteiger partial charge in [-0.05, 0) is 30.3 Å². The van der Waals surface area contributed by atoms with Gasteiger partial charge in [0.15, 0.2) is 5.82 Å². The molecule has 4 aromatic rings. The maximum atomic E-state index is 13.2. The number of hydrogen-bond donors (Lipinski definition) is 0. The highest BCUT2D eigenvalue weighted by Crippen LogP contribution is 2.32. The number of nitro groups is 1. The number of para-hydroxylation sites is 2. The molecule has 160 valence electrons. The van der Waals surface area contributed by atoms with E-state index in [1.807, 2.05) is 0 Å². The Bertz CT molecular complexity index is 1430. The van der Waals surface area contributed by atoms with Gasteiger partial charge in [-0.25, -0.2) is 4.98 Å². The Balaban J connectivity index is 1.96. The molecule has 0 unspecified atom stereocenters. The van der Waals surface area contributed by atoms with Crippen molar-refractivity contribution in [2.75, 3.05) is 0 Å². The number of fused-ring (bicyclic) bond motifs is 1. The maximum absolute atomic E-state index is 13.2. The van der Waals surface area contributed by atoms with Crippen molar-refractivity contribution in [3.63, 3.8) is 0 Å². The number of hydrogen-bond acceptors (Lipinski definition) is 5. The summed E-state index contributed by atoms with van der Waals surface area (Å²) in [6.07, 6.45) is -3.49. The van der Waals surface area contributed by atoms with E-state index in [2.05, 4.69) is 10.1 Å². The van der Waals surface area contributed by atoms with Crippen LogP contribution in [0.1, 0.15) is 11.1 Å². The molecule has 4 rings (SSSR count). The van der Waals surface area contributed by atoms with E-state index in [9.17, 15) is 28.1 Å². The number of rotatable bonds is 4. The largest absolute Gasteiger partial charge is 0.416 e. The van der Waals surface area contributed by atoms with E-state index in [0.29, 0.717) is 0 Å². The predicted octanol–water partition coefficient (Wildman–Crippen LogP) is 4.87. The summed E-state index contributed by atoms with van der Waals surface area (Å²) in [4.78, 5) is 28.1. The Hall–Kier alpha value is -4.34. The summed E-state index contributed by atoms with van der Waals surface area (Å²) < 4.78 is 40.5. The fourth-order valence-corrected chi connectivity index (χ4v) is 3.14. The molecule has 0 saturated heterocycles. The van der Waals surface area contributed by atoms with E-state index in [1.165, 1.54) is 36.4 Å². The van der Waals surface area contributed by atoms with Gasteiger partial charge in [0.2, 0.25) is 0 Å². The van der Waals surface area contributed by atoms with E-state index >= 15 is 0 Å². The van der Waals surface area contributed by atoms with E-state index in [0.717, 1.165) is 23.0 Å². The molecule has 0 amide bonds. The molecule has 0 radical (unpaired) electrons. The monoisotopic (exact) mass is 438 g/mol. The summed E-state index contributed by atoms with van der Waals surface area (Å²) in [5.41, 5.74) is -1.36. The standard InChI is InChI=1S/C22H13F3N4O3/c23-22(24,25)16-8-5-7-14(12-16)20-27-18-10-3-2-9-17(18)21(30)28(20)26-13-15-6-1-4-11-19(15)29(31)32/h1-13H. The number of alkyl halides is 3. The van der Waals surface area contributed by atoms with Gasteiger partial charge in [-0.3, -0.25) is 14.9 Å². The van der Waals surface area contributed by atoms with Gasteiger partial charge in [0.1, 0.15) is 0 Å². The number of nitro benzene ring substituents is 1. The van der Waals surface area contributed by atoms with Gasteiger partial charge >= 0.3 is 6.18 Å². The first kappa shape index (κ1) is 20.9. The van der Waals surface area contributed by atoms with Crippen molar-refractivity contribution in [2.45, 2.75) is 6.18 Å². The lowest BCUT2D eigenvalue weighted by Crippen LogP contribution is -2.20. The highest BCUT2D eigenvalue weighted by molar-refractivity contribution is 5.86. The van der Waals surface area contributed by atoms with Crippen molar-refractivity contribution < 1.29 is 18.1 Å². The summed E-state index contributed by atoms with van der Waals surface area (Å²) in [5.74, 6) is -0.130. The molecule has 0 fully saturated rings. The van der Waals surface area contributed by atoms with Crippen LogP contribution in [0.2, 0.25) is 0 Å². The Morgan fingerprint density at radius 3 is 2.47 bits per heavy atom. The fraction of sp³-hybridized carbons (Fsp3) is 0.0455. The van der Waals surface area contributed by atoms with Gasteiger partial charge in [-0.2, -0.15) is 22.9 Å². The molecule has 1 aromatic heterocycles. The van der Waals surface area contributed by atoms with Gasteiger partial charge in [0, 0.05) is 11.6 Å². The van der Waals surface area contributed by atoms with Crippen LogP contribution in [0.5, 0.6) is 0 Å². The Morgan fingerprint density at radius 1 is 1.00 bits per heavy atom. The van der Waals surface area contributed by atoms with Crippen molar-refractivity contribution in [3.05, 3.63) is 104 Å². The van der Waals surface area contributed by atoms with Crippen LogP contribution >= 0.6 is 0 Å². The van der Waals surface area contributed by atoms with Gasteiger partial charge < -0.3 is 0 Å². The third-order valence-electron chi connectivity index (χ3n) is 4.65. The second kappa shape index (κ2) is 8.06. The smallest absolute Gasteiger partial charge is 0.267 e. The molecule has 7 nitrogen and oxygen atoms in total. The van der Waals surface area contributed by atoms with Crippen LogP contribution in [0.25, 0.3) is 22.3 Å². The molecule has 32 heavy (non-hydrogen) atoms. The van der Waals surface area contributed by atoms with Crippen molar-refractivity contribution >= 4 is 22.8 Å². The van der Waals surface area contributed by atoms with Crippen molar-refractivity contribution in [1.82, 2.24) is 9.66 Å². The zero-order valence-electron chi connectivity index (χ0n) is 16.2. The molecule has 0 bridgehead atoms. The molecule has 0 aliphatic rings. The molecule has 0 N–H and O–H groups in total. The zero-order chi connectivity index (χ0) is 22.9. The lowest BCUT2D eigenvalue weighted by molar-refractivity contribution is -0.385. The average molecular weight is 438 g/mol. The summed E-state index contributed by atoms with van der Waals surface area (Å²) >= 11 is 0. The van der Waals surface area contributed by atoms with E-state index in [1.54, 1.807) is 24.3 Å². The van der Waals surface area contributed by atoms with Crippen molar-refractivity contribution in [2.24, 2.45) is 5.10 Å². The third kappa shape index (κ3) is 3.97. The maximum Gasteiger partial charge on any atom is 0.416 e. The first-order valence-corrected chi connectivity index (χ1v) is 9.23. The minimum absolute atomic E-state index is 0.0161. The quantitative estimate of drug-likeness (QED) is 0.258. The van der Waals surface area contributed by atoms with Gasteiger partial charge in [0.25, 0.3) is 11.2 Å². The lowest BCUT2D eigenvalue weighted by Gasteiger charge is -2.12. The summed E-state index contributed by atoms with van der Waals surface area (Å²) in [7, 11) is 0. The highest BCUT2D eigenvalue weighted by Gasteiger charge is 2.31. The van der Waals surface area contributed by atoms with Crippen LogP contribution in [0, 0.1) is 10.1 Å². The van der Waals surface area contributed by atoms with Gasteiger partial charge in [-0.1, -0.05) is 36.4 Å². The fourth-order valence-electron chi connectivity index (χ4n) is 3.14. The predicted molar refractivity (Wildman–Crippen MR) is 113 cm³/mol. The molecule has 0 atom stereocenters. The number of aromatic nitrogens is 2.